The first-order chi connectivity index (χ1) is 13.7. The van der Waals surface area contributed by atoms with Crippen LogP contribution in [-0.4, -0.2) is 49.6 Å². The summed E-state index contributed by atoms with van der Waals surface area (Å²) in [7, 11) is 2.92. The number of benzene rings is 1. The van der Waals surface area contributed by atoms with Crippen LogP contribution in [0.4, 0.5) is 0 Å². The van der Waals surface area contributed by atoms with Crippen molar-refractivity contribution in [2.75, 3.05) is 20.8 Å². The normalized spacial score (nSPS) is 11.5. The largest absolute Gasteiger partial charge is 0.497 e. The van der Waals surface area contributed by atoms with Gasteiger partial charge in [-0.15, -0.1) is 0 Å². The molecule has 0 amide bonds. The zero-order chi connectivity index (χ0) is 21.7. The molecular formula is C21H25NO7. The first-order valence-corrected chi connectivity index (χ1v) is 9.08. The van der Waals surface area contributed by atoms with Gasteiger partial charge in [0.2, 0.25) is 5.78 Å². The number of carbonyl (C=O) groups excluding carboxylic acids is 3. The lowest BCUT2D eigenvalue weighted by Crippen LogP contribution is -2.25. The maximum absolute atomic E-state index is 12.8. The molecule has 0 fully saturated rings. The molecule has 0 bridgehead atoms. The number of aromatic nitrogens is 1. The Labute approximate surface area is 169 Å². The number of aryl methyl sites for hydroxylation is 1. The number of ether oxygens (including phenoxy) is 4. The first-order valence-electron chi connectivity index (χ1n) is 9.08. The van der Waals surface area contributed by atoms with Crippen molar-refractivity contribution < 1.29 is 33.3 Å². The van der Waals surface area contributed by atoms with Crippen molar-refractivity contribution in [2.45, 2.75) is 33.8 Å². The lowest BCUT2D eigenvalue weighted by Gasteiger charge is -2.14. The molecule has 0 spiro atoms. The summed E-state index contributed by atoms with van der Waals surface area (Å²) < 4.78 is 20.7. The summed E-state index contributed by atoms with van der Waals surface area (Å²) in [6.07, 6.45) is -1.08. The lowest BCUT2D eigenvalue weighted by molar-refractivity contribution is 0.0313. The highest BCUT2D eigenvalue weighted by molar-refractivity contribution is 6.04. The van der Waals surface area contributed by atoms with Gasteiger partial charge in [-0.2, -0.15) is 0 Å². The standard InChI is InChI=1S/C21H25NO7/c1-7-28-21(25)17-11(2)18(22-12(17)3)19(23)13(4)29-20(24)15-9-8-14(26-5)10-16(15)27-6/h8-10,13,22H,7H2,1-6H3. The molecule has 8 heteroatoms. The number of carbonyl (C=O) groups is 3. The molecule has 2 rings (SSSR count). The minimum atomic E-state index is -1.08. The summed E-state index contributed by atoms with van der Waals surface area (Å²) in [5, 5.41) is 0. The van der Waals surface area contributed by atoms with E-state index < -0.39 is 23.8 Å². The molecule has 29 heavy (non-hydrogen) atoms. The van der Waals surface area contributed by atoms with Crippen LogP contribution >= 0.6 is 0 Å². The topological polar surface area (TPSA) is 104 Å². The van der Waals surface area contributed by atoms with Gasteiger partial charge >= 0.3 is 11.9 Å². The molecule has 156 valence electrons. The summed E-state index contributed by atoms with van der Waals surface area (Å²) in [5.74, 6) is -0.888. The molecule has 0 saturated carbocycles. The van der Waals surface area contributed by atoms with Crippen molar-refractivity contribution in [1.29, 1.82) is 0 Å². The van der Waals surface area contributed by atoms with Gasteiger partial charge in [0.15, 0.2) is 6.10 Å². The van der Waals surface area contributed by atoms with Crippen molar-refractivity contribution in [2.24, 2.45) is 0 Å². The molecule has 0 radical (unpaired) electrons. The van der Waals surface area contributed by atoms with Crippen molar-refractivity contribution >= 4 is 17.7 Å². The molecule has 1 aromatic carbocycles. The molecular weight excluding hydrogens is 378 g/mol. The van der Waals surface area contributed by atoms with Crippen molar-refractivity contribution in [1.82, 2.24) is 4.98 Å². The monoisotopic (exact) mass is 403 g/mol. The summed E-state index contributed by atoms with van der Waals surface area (Å²) >= 11 is 0. The molecule has 8 nitrogen and oxygen atoms in total. The fraction of sp³-hybridized carbons (Fsp3) is 0.381. The fourth-order valence-corrected chi connectivity index (χ4v) is 2.95. The van der Waals surface area contributed by atoms with Crippen LogP contribution in [0.5, 0.6) is 11.5 Å². The van der Waals surface area contributed by atoms with E-state index in [0.717, 1.165) is 0 Å². The Morgan fingerprint density at radius 2 is 1.76 bits per heavy atom. The summed E-state index contributed by atoms with van der Waals surface area (Å²) in [6.45, 7) is 6.72. The predicted molar refractivity (Wildman–Crippen MR) is 105 cm³/mol. The number of H-pyrrole nitrogens is 1. The SMILES string of the molecule is CCOC(=O)c1c(C)[nH]c(C(=O)C(C)OC(=O)c2ccc(OC)cc2OC)c1C. The molecule has 1 atom stereocenters. The van der Waals surface area contributed by atoms with E-state index in [0.29, 0.717) is 22.6 Å². The summed E-state index contributed by atoms with van der Waals surface area (Å²) in [6, 6.07) is 4.64. The fourth-order valence-electron chi connectivity index (χ4n) is 2.95. The second kappa shape index (κ2) is 9.27. The minimum Gasteiger partial charge on any atom is -0.497 e. The highest BCUT2D eigenvalue weighted by Crippen LogP contribution is 2.26. The number of ketones is 1. The zero-order valence-corrected chi connectivity index (χ0v) is 17.4. The third kappa shape index (κ3) is 4.59. The molecule has 1 aromatic heterocycles. The van der Waals surface area contributed by atoms with Gasteiger partial charge in [-0.05, 0) is 45.4 Å². The van der Waals surface area contributed by atoms with E-state index in [9.17, 15) is 14.4 Å². The van der Waals surface area contributed by atoms with Gasteiger partial charge in [-0.3, -0.25) is 4.79 Å². The molecule has 0 aliphatic heterocycles. The van der Waals surface area contributed by atoms with E-state index in [-0.39, 0.29) is 23.6 Å². The molecule has 2 aromatic rings. The predicted octanol–water partition coefficient (Wildman–Crippen LogP) is 3.25. The van der Waals surface area contributed by atoms with Gasteiger partial charge in [-0.25, -0.2) is 9.59 Å². The van der Waals surface area contributed by atoms with Gasteiger partial charge in [0.25, 0.3) is 0 Å². The Kier molecular flexibility index (Phi) is 7.03. The average molecular weight is 403 g/mol. The number of nitrogens with one attached hydrogen (secondary N) is 1. The second-order valence-electron chi connectivity index (χ2n) is 6.32. The van der Waals surface area contributed by atoms with Gasteiger partial charge in [0.05, 0.1) is 32.1 Å². The average Bonchev–Trinajstić information content (AvgIpc) is 3.00. The first kappa shape index (κ1) is 22.0. The number of esters is 2. The number of hydrogen-bond donors (Lipinski definition) is 1. The van der Waals surface area contributed by atoms with Gasteiger partial charge < -0.3 is 23.9 Å². The summed E-state index contributed by atoms with van der Waals surface area (Å²) in [4.78, 5) is 40.4. The van der Waals surface area contributed by atoms with E-state index >= 15 is 0 Å². The van der Waals surface area contributed by atoms with Gasteiger partial charge in [0, 0.05) is 11.8 Å². The highest BCUT2D eigenvalue weighted by atomic mass is 16.5. The Balaban J connectivity index is 2.23. The summed E-state index contributed by atoms with van der Waals surface area (Å²) in [5.41, 5.74) is 1.65. The Morgan fingerprint density at radius 3 is 2.34 bits per heavy atom. The van der Waals surface area contributed by atoms with Crippen LogP contribution in [0.25, 0.3) is 0 Å². The number of Topliss-reactive ketones (excluding diaryl/α,β-unsaturated/α-hetero) is 1. The molecule has 0 aliphatic carbocycles. The third-order valence-electron chi connectivity index (χ3n) is 4.45. The lowest BCUT2D eigenvalue weighted by atomic mass is 10.1. The van der Waals surface area contributed by atoms with Crippen molar-refractivity contribution in [3.05, 3.63) is 46.3 Å². The van der Waals surface area contributed by atoms with Crippen LogP contribution in [0.2, 0.25) is 0 Å². The quantitative estimate of drug-likeness (QED) is 0.533. The number of aromatic amines is 1. The number of rotatable bonds is 8. The Bertz CT molecular complexity index is 929. The van der Waals surface area contributed by atoms with Crippen LogP contribution in [0, 0.1) is 13.8 Å². The number of methoxy groups -OCH3 is 2. The van der Waals surface area contributed by atoms with Crippen LogP contribution in [0.1, 0.15) is 56.3 Å². The van der Waals surface area contributed by atoms with Crippen LogP contribution in [0.3, 0.4) is 0 Å². The van der Waals surface area contributed by atoms with Crippen LogP contribution in [0.15, 0.2) is 18.2 Å². The smallest absolute Gasteiger partial charge is 0.342 e. The van der Waals surface area contributed by atoms with E-state index in [4.69, 9.17) is 18.9 Å². The Hall–Kier alpha value is -3.29. The van der Waals surface area contributed by atoms with Crippen molar-refractivity contribution in [3.63, 3.8) is 0 Å². The van der Waals surface area contributed by atoms with E-state index in [2.05, 4.69) is 4.98 Å². The maximum Gasteiger partial charge on any atom is 0.342 e. The maximum atomic E-state index is 12.8. The van der Waals surface area contributed by atoms with Gasteiger partial charge in [-0.1, -0.05) is 0 Å². The van der Waals surface area contributed by atoms with Gasteiger partial charge in [0.1, 0.15) is 17.1 Å². The minimum absolute atomic E-state index is 0.166. The third-order valence-corrected chi connectivity index (χ3v) is 4.45. The van der Waals surface area contributed by atoms with E-state index in [1.807, 2.05) is 0 Å². The second-order valence-corrected chi connectivity index (χ2v) is 6.32. The zero-order valence-electron chi connectivity index (χ0n) is 17.4. The molecule has 1 unspecified atom stereocenters. The molecule has 1 heterocycles. The molecule has 0 saturated heterocycles. The molecule has 1 N–H and O–H groups in total. The van der Waals surface area contributed by atoms with E-state index in [1.165, 1.54) is 27.2 Å². The van der Waals surface area contributed by atoms with Crippen molar-refractivity contribution in [3.8, 4) is 11.5 Å². The van der Waals surface area contributed by atoms with Crippen LogP contribution < -0.4 is 9.47 Å². The van der Waals surface area contributed by atoms with Crippen LogP contribution in [-0.2, 0) is 9.47 Å². The molecule has 0 aliphatic rings. The highest BCUT2D eigenvalue weighted by Gasteiger charge is 2.28. The number of hydrogen-bond acceptors (Lipinski definition) is 7. The van der Waals surface area contributed by atoms with E-state index in [1.54, 1.807) is 32.9 Å². The Morgan fingerprint density at radius 1 is 1.07 bits per heavy atom.